The summed E-state index contributed by atoms with van der Waals surface area (Å²) in [7, 11) is 0. The van der Waals surface area contributed by atoms with E-state index in [4.69, 9.17) is 9.47 Å². The lowest BCUT2D eigenvalue weighted by atomic mass is 9.53. The molecule has 0 unspecified atom stereocenters. The highest BCUT2D eigenvalue weighted by molar-refractivity contribution is 5.27. The molecule has 0 aromatic carbocycles. The summed E-state index contributed by atoms with van der Waals surface area (Å²) in [6, 6.07) is 0. The van der Waals surface area contributed by atoms with Gasteiger partial charge in [0.25, 0.3) is 0 Å². The molecule has 0 radical (unpaired) electrons. The fourth-order valence-electron chi connectivity index (χ4n) is 5.51. The van der Waals surface area contributed by atoms with Gasteiger partial charge in [-0.3, -0.25) is 0 Å². The van der Waals surface area contributed by atoms with Gasteiger partial charge in [-0.25, -0.2) is 0 Å². The lowest BCUT2D eigenvalue weighted by molar-refractivity contribution is -0.157. The van der Waals surface area contributed by atoms with Crippen LogP contribution in [0.15, 0.2) is 12.2 Å². The molecular weight excluding hydrogens is 252 g/mol. The molecule has 0 amide bonds. The molecule has 2 saturated carbocycles. The minimum atomic E-state index is -0.500. The van der Waals surface area contributed by atoms with Crippen LogP contribution in [-0.2, 0) is 9.47 Å². The predicted octanol–water partition coefficient (Wildman–Crippen LogP) is 2.74. The molecule has 5 aliphatic rings. The number of hydrogen-bond donors (Lipinski definition) is 1. The zero-order valence-electron chi connectivity index (χ0n) is 13.1. The molecular formula is C17H26O3. The first-order chi connectivity index (χ1) is 9.16. The summed E-state index contributed by atoms with van der Waals surface area (Å²) in [5, 5.41) is 10.9. The Balaban J connectivity index is 1.80. The monoisotopic (exact) mass is 278 g/mol. The third kappa shape index (κ3) is 1.42. The van der Waals surface area contributed by atoms with Crippen LogP contribution < -0.4 is 0 Å². The van der Waals surface area contributed by atoms with Crippen molar-refractivity contribution in [2.45, 2.75) is 65.1 Å². The van der Waals surface area contributed by atoms with Crippen LogP contribution in [0.3, 0.4) is 0 Å². The first-order valence-electron chi connectivity index (χ1n) is 7.89. The summed E-state index contributed by atoms with van der Waals surface area (Å²) in [4.78, 5) is 0. The maximum atomic E-state index is 10.9. The smallest absolute Gasteiger partial charge is 0.163 e. The average molecular weight is 278 g/mol. The van der Waals surface area contributed by atoms with Crippen LogP contribution in [0.4, 0.5) is 0 Å². The molecule has 1 heterocycles. The Kier molecular flexibility index (Phi) is 2.33. The van der Waals surface area contributed by atoms with Crippen molar-refractivity contribution < 1.29 is 14.6 Å². The second kappa shape index (κ2) is 3.50. The number of aliphatic hydroxyl groups excluding tert-OH is 1. The second-order valence-electron chi connectivity index (χ2n) is 8.65. The number of hydrogen-bond acceptors (Lipinski definition) is 3. The van der Waals surface area contributed by atoms with Gasteiger partial charge in [-0.1, -0.05) is 32.9 Å². The Hall–Kier alpha value is -0.380. The van der Waals surface area contributed by atoms with E-state index in [-0.39, 0.29) is 29.1 Å². The van der Waals surface area contributed by atoms with Crippen molar-refractivity contribution in [1.29, 1.82) is 0 Å². The minimum absolute atomic E-state index is 0.00494. The topological polar surface area (TPSA) is 38.7 Å². The largest absolute Gasteiger partial charge is 0.392 e. The van der Waals surface area contributed by atoms with Gasteiger partial charge in [0.2, 0.25) is 0 Å². The van der Waals surface area contributed by atoms with E-state index in [9.17, 15) is 5.11 Å². The molecule has 5 rings (SSSR count). The summed E-state index contributed by atoms with van der Waals surface area (Å²) < 4.78 is 12.4. The van der Waals surface area contributed by atoms with Crippen molar-refractivity contribution in [1.82, 2.24) is 0 Å². The zero-order chi connectivity index (χ0) is 14.5. The highest BCUT2D eigenvalue weighted by Gasteiger charge is 2.69. The van der Waals surface area contributed by atoms with Gasteiger partial charge >= 0.3 is 0 Å². The molecule has 3 fully saturated rings. The van der Waals surface area contributed by atoms with Crippen molar-refractivity contribution >= 4 is 0 Å². The van der Waals surface area contributed by atoms with Gasteiger partial charge in [0.05, 0.1) is 18.3 Å². The van der Waals surface area contributed by atoms with E-state index in [1.165, 1.54) is 0 Å². The maximum absolute atomic E-state index is 10.9. The summed E-state index contributed by atoms with van der Waals surface area (Å²) in [5.74, 6) is 0.713. The third-order valence-electron chi connectivity index (χ3n) is 6.38. The van der Waals surface area contributed by atoms with Crippen LogP contribution in [-0.4, -0.2) is 29.2 Å². The highest BCUT2D eigenvalue weighted by Crippen LogP contribution is 2.66. The van der Waals surface area contributed by atoms with Crippen molar-refractivity contribution in [2.75, 3.05) is 0 Å². The Labute approximate surface area is 121 Å². The van der Waals surface area contributed by atoms with E-state index in [1.54, 1.807) is 0 Å². The van der Waals surface area contributed by atoms with Crippen LogP contribution in [0.5, 0.6) is 0 Å². The SMILES string of the molecule is CC1(C)O[C@H]2[C@H]3C=C[C@](C)([C@H]4[C@@H]3CC(C)(C)[C@H]4O)[C@H]2O1. The molecule has 0 spiro atoms. The van der Waals surface area contributed by atoms with Crippen LogP contribution in [0.1, 0.15) is 41.0 Å². The Morgan fingerprint density at radius 1 is 1.10 bits per heavy atom. The molecule has 0 aromatic heterocycles. The number of rotatable bonds is 0. The van der Waals surface area contributed by atoms with Gasteiger partial charge in [0.1, 0.15) is 0 Å². The van der Waals surface area contributed by atoms with E-state index < -0.39 is 5.79 Å². The molecule has 1 saturated heterocycles. The zero-order valence-corrected chi connectivity index (χ0v) is 13.1. The minimum Gasteiger partial charge on any atom is -0.392 e. The summed E-state index contributed by atoms with van der Waals surface area (Å²) in [5.41, 5.74) is -0.111. The van der Waals surface area contributed by atoms with E-state index in [0.29, 0.717) is 17.8 Å². The lowest BCUT2D eigenvalue weighted by Gasteiger charge is -2.54. The Morgan fingerprint density at radius 3 is 2.50 bits per heavy atom. The number of aliphatic hydroxyl groups is 1. The van der Waals surface area contributed by atoms with Gasteiger partial charge < -0.3 is 14.6 Å². The van der Waals surface area contributed by atoms with Gasteiger partial charge in [0.15, 0.2) is 5.79 Å². The molecule has 112 valence electrons. The van der Waals surface area contributed by atoms with E-state index in [1.807, 2.05) is 13.8 Å². The summed E-state index contributed by atoms with van der Waals surface area (Å²) in [6.07, 6.45) is 5.70. The molecule has 20 heavy (non-hydrogen) atoms. The molecule has 3 heteroatoms. The molecule has 1 N–H and O–H groups in total. The van der Waals surface area contributed by atoms with E-state index >= 15 is 0 Å². The van der Waals surface area contributed by atoms with E-state index in [0.717, 1.165) is 6.42 Å². The maximum Gasteiger partial charge on any atom is 0.163 e. The lowest BCUT2D eigenvalue weighted by Crippen LogP contribution is -2.59. The third-order valence-corrected chi connectivity index (χ3v) is 6.38. The van der Waals surface area contributed by atoms with Crippen LogP contribution in [0.25, 0.3) is 0 Å². The van der Waals surface area contributed by atoms with Crippen LogP contribution in [0, 0.1) is 28.6 Å². The predicted molar refractivity (Wildman–Crippen MR) is 75.9 cm³/mol. The molecule has 3 nitrogen and oxygen atoms in total. The standard InChI is InChI=1S/C17H26O3/c1-15(2)8-10-9-6-7-17(5,11(10)13(15)18)14-12(9)19-16(3,4)20-14/h6-7,9-14,18H,8H2,1-5H3/t9-,10+,11-,12-,13-,14-,17+/m0/s1. The first kappa shape index (κ1) is 13.3. The van der Waals surface area contributed by atoms with E-state index in [2.05, 4.69) is 32.9 Å². The average Bonchev–Trinajstić information content (AvgIpc) is 2.76. The van der Waals surface area contributed by atoms with Gasteiger partial charge in [0, 0.05) is 17.3 Å². The molecule has 0 aromatic rings. The van der Waals surface area contributed by atoms with Crippen molar-refractivity contribution in [3.63, 3.8) is 0 Å². The fraction of sp³-hybridized carbons (Fsp3) is 0.882. The number of ether oxygens (including phenoxy) is 2. The van der Waals surface area contributed by atoms with Gasteiger partial charge in [-0.2, -0.15) is 0 Å². The summed E-state index contributed by atoms with van der Waals surface area (Å²) >= 11 is 0. The van der Waals surface area contributed by atoms with Gasteiger partial charge in [-0.05, 0) is 31.6 Å². The molecule has 4 aliphatic carbocycles. The first-order valence-corrected chi connectivity index (χ1v) is 7.89. The molecule has 1 aliphatic heterocycles. The highest BCUT2D eigenvalue weighted by atomic mass is 16.8. The Morgan fingerprint density at radius 2 is 1.80 bits per heavy atom. The normalized spacial score (nSPS) is 57.7. The van der Waals surface area contributed by atoms with Crippen LogP contribution >= 0.6 is 0 Å². The molecule has 7 atom stereocenters. The second-order valence-corrected chi connectivity index (χ2v) is 8.65. The van der Waals surface area contributed by atoms with Crippen LogP contribution in [0.2, 0.25) is 0 Å². The van der Waals surface area contributed by atoms with Crippen molar-refractivity contribution in [2.24, 2.45) is 28.6 Å². The van der Waals surface area contributed by atoms with Gasteiger partial charge in [-0.15, -0.1) is 0 Å². The van der Waals surface area contributed by atoms with Crippen molar-refractivity contribution in [3.05, 3.63) is 12.2 Å². The quantitative estimate of drug-likeness (QED) is 0.692. The molecule has 2 bridgehead atoms. The summed E-state index contributed by atoms with van der Waals surface area (Å²) in [6.45, 7) is 10.7. The Bertz CT molecular complexity index is 481. The van der Waals surface area contributed by atoms with Crippen molar-refractivity contribution in [3.8, 4) is 0 Å². The fourth-order valence-corrected chi connectivity index (χ4v) is 5.51.